The van der Waals surface area contributed by atoms with Crippen molar-refractivity contribution in [2.45, 2.75) is 18.5 Å². The highest BCUT2D eigenvalue weighted by molar-refractivity contribution is 7.99. The highest BCUT2D eigenvalue weighted by Crippen LogP contribution is 2.18. The summed E-state index contributed by atoms with van der Waals surface area (Å²) in [7, 11) is 0. The van der Waals surface area contributed by atoms with Crippen molar-refractivity contribution in [2.75, 3.05) is 19.0 Å². The van der Waals surface area contributed by atoms with Crippen molar-refractivity contribution in [2.24, 2.45) is 5.92 Å². The van der Waals surface area contributed by atoms with Gasteiger partial charge in [-0.15, -0.1) is 0 Å². The first-order chi connectivity index (χ1) is 7.75. The Balaban J connectivity index is 1.82. The molecule has 0 bridgehead atoms. The van der Waals surface area contributed by atoms with Crippen LogP contribution in [0.5, 0.6) is 0 Å². The third-order valence-corrected chi connectivity index (χ3v) is 3.38. The number of Topliss-reactive ketones (excluding diaryl/α,β-unsaturated/α-hetero) is 1. The number of ether oxygens (including phenoxy) is 1. The fourth-order valence-electron chi connectivity index (χ4n) is 1.50. The van der Waals surface area contributed by atoms with Crippen molar-refractivity contribution in [1.29, 1.82) is 0 Å². The number of aromatic nitrogens is 2. The predicted molar refractivity (Wildman–Crippen MR) is 61.4 cm³/mol. The molecule has 5 heteroatoms. The van der Waals surface area contributed by atoms with Crippen LogP contribution in [0, 0.1) is 12.8 Å². The lowest BCUT2D eigenvalue weighted by Gasteiger charge is -2.05. The van der Waals surface area contributed by atoms with Gasteiger partial charge >= 0.3 is 0 Å². The maximum atomic E-state index is 11.7. The van der Waals surface area contributed by atoms with Gasteiger partial charge in [0, 0.05) is 24.9 Å². The summed E-state index contributed by atoms with van der Waals surface area (Å²) in [5.74, 6) is 0.765. The number of aryl methyl sites for hydroxylation is 1. The van der Waals surface area contributed by atoms with Gasteiger partial charge in [-0.25, -0.2) is 9.97 Å². The molecule has 1 atom stereocenters. The van der Waals surface area contributed by atoms with Crippen LogP contribution in [0.1, 0.15) is 12.0 Å². The zero-order valence-electron chi connectivity index (χ0n) is 9.18. The molecule has 1 saturated heterocycles. The zero-order valence-corrected chi connectivity index (χ0v) is 10.00. The SMILES string of the molecule is Cc1cnc(SCC(=O)C2CCOC2)nc1. The van der Waals surface area contributed by atoms with Gasteiger partial charge in [-0.05, 0) is 18.9 Å². The summed E-state index contributed by atoms with van der Waals surface area (Å²) in [6.07, 6.45) is 4.38. The first kappa shape index (κ1) is 11.5. The van der Waals surface area contributed by atoms with Crippen LogP contribution in [0.15, 0.2) is 17.6 Å². The number of rotatable bonds is 4. The standard InChI is InChI=1S/C11H14N2O2S/c1-8-4-12-11(13-5-8)16-7-10(14)9-2-3-15-6-9/h4-5,9H,2-3,6-7H2,1H3. The number of thioether (sulfide) groups is 1. The van der Waals surface area contributed by atoms with Gasteiger partial charge in [-0.2, -0.15) is 0 Å². The fraction of sp³-hybridized carbons (Fsp3) is 0.545. The molecule has 1 aliphatic rings. The second kappa shape index (κ2) is 5.41. The predicted octanol–water partition coefficient (Wildman–Crippen LogP) is 1.48. The smallest absolute Gasteiger partial charge is 0.187 e. The van der Waals surface area contributed by atoms with Gasteiger partial charge in [0.1, 0.15) is 5.78 Å². The maximum Gasteiger partial charge on any atom is 0.187 e. The quantitative estimate of drug-likeness (QED) is 0.587. The molecule has 1 unspecified atom stereocenters. The molecular formula is C11H14N2O2S. The molecule has 16 heavy (non-hydrogen) atoms. The van der Waals surface area contributed by atoms with Gasteiger partial charge in [-0.1, -0.05) is 11.8 Å². The molecule has 0 saturated carbocycles. The van der Waals surface area contributed by atoms with Crippen LogP contribution >= 0.6 is 11.8 Å². The summed E-state index contributed by atoms with van der Waals surface area (Å²) < 4.78 is 5.18. The third kappa shape index (κ3) is 3.02. The van der Waals surface area contributed by atoms with Crippen molar-refractivity contribution < 1.29 is 9.53 Å². The van der Waals surface area contributed by atoms with E-state index in [-0.39, 0.29) is 11.7 Å². The highest BCUT2D eigenvalue weighted by Gasteiger charge is 2.23. The summed E-state index contributed by atoms with van der Waals surface area (Å²) in [4.78, 5) is 20.0. The second-order valence-electron chi connectivity index (χ2n) is 3.86. The van der Waals surface area contributed by atoms with Gasteiger partial charge in [0.25, 0.3) is 0 Å². The molecule has 4 nitrogen and oxygen atoms in total. The zero-order chi connectivity index (χ0) is 11.4. The normalized spacial score (nSPS) is 19.9. The van der Waals surface area contributed by atoms with Gasteiger partial charge in [0.2, 0.25) is 0 Å². The molecule has 86 valence electrons. The van der Waals surface area contributed by atoms with Crippen LogP contribution in [0.2, 0.25) is 0 Å². The van der Waals surface area contributed by atoms with E-state index in [0.29, 0.717) is 24.1 Å². The molecule has 1 aromatic heterocycles. The van der Waals surface area contributed by atoms with Crippen molar-refractivity contribution in [3.8, 4) is 0 Å². The van der Waals surface area contributed by atoms with E-state index in [0.717, 1.165) is 12.0 Å². The van der Waals surface area contributed by atoms with Crippen LogP contribution in [0.4, 0.5) is 0 Å². The lowest BCUT2D eigenvalue weighted by molar-refractivity contribution is -0.120. The first-order valence-corrected chi connectivity index (χ1v) is 6.26. The average Bonchev–Trinajstić information content (AvgIpc) is 2.81. The molecule has 0 radical (unpaired) electrons. The molecule has 1 aliphatic heterocycles. The van der Waals surface area contributed by atoms with Crippen molar-refractivity contribution in [3.63, 3.8) is 0 Å². The van der Waals surface area contributed by atoms with Crippen molar-refractivity contribution >= 4 is 17.5 Å². The minimum absolute atomic E-state index is 0.0814. The Morgan fingerprint density at radius 3 is 2.94 bits per heavy atom. The summed E-state index contributed by atoms with van der Waals surface area (Å²) in [5, 5.41) is 0.665. The largest absolute Gasteiger partial charge is 0.381 e. The Labute approximate surface area is 98.8 Å². The Hall–Kier alpha value is -0.940. The molecule has 0 amide bonds. The maximum absolute atomic E-state index is 11.7. The topological polar surface area (TPSA) is 52.1 Å². The summed E-state index contributed by atoms with van der Waals surface area (Å²) in [5.41, 5.74) is 1.03. The molecule has 0 aliphatic carbocycles. The van der Waals surface area contributed by atoms with E-state index >= 15 is 0 Å². The molecule has 1 aromatic rings. The van der Waals surface area contributed by atoms with E-state index in [4.69, 9.17) is 4.74 Å². The number of nitrogens with zero attached hydrogens (tertiary/aromatic N) is 2. The second-order valence-corrected chi connectivity index (χ2v) is 4.80. The number of hydrogen-bond acceptors (Lipinski definition) is 5. The van der Waals surface area contributed by atoms with E-state index in [2.05, 4.69) is 9.97 Å². The molecule has 0 spiro atoms. The van der Waals surface area contributed by atoms with Crippen LogP contribution in [0.3, 0.4) is 0 Å². The van der Waals surface area contributed by atoms with Crippen LogP contribution < -0.4 is 0 Å². The number of ketones is 1. The number of carbonyl (C=O) groups is 1. The number of carbonyl (C=O) groups excluding carboxylic acids is 1. The van der Waals surface area contributed by atoms with E-state index < -0.39 is 0 Å². The Morgan fingerprint density at radius 1 is 1.56 bits per heavy atom. The lowest BCUT2D eigenvalue weighted by atomic mass is 10.1. The molecule has 0 aromatic carbocycles. The first-order valence-electron chi connectivity index (χ1n) is 5.27. The Morgan fingerprint density at radius 2 is 2.31 bits per heavy atom. The van der Waals surface area contributed by atoms with E-state index in [1.54, 1.807) is 12.4 Å². The van der Waals surface area contributed by atoms with E-state index in [1.807, 2.05) is 6.92 Å². The average molecular weight is 238 g/mol. The lowest BCUT2D eigenvalue weighted by Crippen LogP contribution is -2.16. The Kier molecular flexibility index (Phi) is 3.90. The molecular weight excluding hydrogens is 224 g/mol. The molecule has 2 rings (SSSR count). The summed E-state index contributed by atoms with van der Waals surface area (Å²) in [6, 6.07) is 0. The van der Waals surface area contributed by atoms with Gasteiger partial charge < -0.3 is 4.74 Å². The van der Waals surface area contributed by atoms with Crippen molar-refractivity contribution in [3.05, 3.63) is 18.0 Å². The minimum atomic E-state index is 0.0814. The fourth-order valence-corrected chi connectivity index (χ4v) is 2.26. The summed E-state index contributed by atoms with van der Waals surface area (Å²) >= 11 is 1.40. The summed E-state index contributed by atoms with van der Waals surface area (Å²) in [6.45, 7) is 3.23. The molecule has 2 heterocycles. The molecule has 1 fully saturated rings. The van der Waals surface area contributed by atoms with Gasteiger partial charge in [0.05, 0.1) is 12.4 Å². The van der Waals surface area contributed by atoms with Crippen molar-refractivity contribution in [1.82, 2.24) is 9.97 Å². The Bertz CT molecular complexity index is 361. The van der Waals surface area contributed by atoms with Gasteiger partial charge in [0.15, 0.2) is 5.16 Å². The molecule has 0 N–H and O–H groups in total. The third-order valence-electron chi connectivity index (χ3n) is 2.49. The monoisotopic (exact) mass is 238 g/mol. The number of hydrogen-bond donors (Lipinski definition) is 0. The van der Waals surface area contributed by atoms with E-state index in [1.165, 1.54) is 11.8 Å². The van der Waals surface area contributed by atoms with E-state index in [9.17, 15) is 4.79 Å². The van der Waals surface area contributed by atoms with Crippen LogP contribution in [0.25, 0.3) is 0 Å². The van der Waals surface area contributed by atoms with Crippen LogP contribution in [-0.4, -0.2) is 34.7 Å². The van der Waals surface area contributed by atoms with Gasteiger partial charge in [-0.3, -0.25) is 4.79 Å². The van der Waals surface area contributed by atoms with Crippen LogP contribution in [-0.2, 0) is 9.53 Å². The minimum Gasteiger partial charge on any atom is -0.381 e. The highest BCUT2D eigenvalue weighted by atomic mass is 32.2.